The second-order valence-corrected chi connectivity index (χ2v) is 6.73. The Morgan fingerprint density at radius 1 is 1.00 bits per heavy atom. The van der Waals surface area contributed by atoms with Crippen LogP contribution in [0.2, 0.25) is 0 Å². The highest BCUT2D eigenvalue weighted by atomic mass is 15.2. The van der Waals surface area contributed by atoms with Gasteiger partial charge < -0.3 is 5.32 Å². The van der Waals surface area contributed by atoms with Crippen LogP contribution in [0.15, 0.2) is 0 Å². The molecule has 3 atom stereocenters. The third-order valence-corrected chi connectivity index (χ3v) is 5.35. The zero-order valence-electron chi connectivity index (χ0n) is 13.2. The molecule has 0 spiro atoms. The van der Waals surface area contributed by atoms with Crippen LogP contribution >= 0.6 is 0 Å². The Labute approximate surface area is 120 Å². The molecular formula is C17H34N2. The van der Waals surface area contributed by atoms with Gasteiger partial charge in [0.15, 0.2) is 0 Å². The fourth-order valence-electron chi connectivity index (χ4n) is 4.25. The van der Waals surface area contributed by atoms with Crippen molar-refractivity contribution >= 4 is 0 Å². The number of hydrogen-bond acceptors (Lipinski definition) is 2. The lowest BCUT2D eigenvalue weighted by atomic mass is 9.79. The zero-order valence-corrected chi connectivity index (χ0v) is 13.2. The minimum absolute atomic E-state index is 0.743. The monoisotopic (exact) mass is 266 g/mol. The summed E-state index contributed by atoms with van der Waals surface area (Å²) in [6.07, 6.45) is 14.3. The molecule has 1 aliphatic heterocycles. The highest BCUT2D eigenvalue weighted by Gasteiger charge is 2.33. The number of hydrogen-bond donors (Lipinski definition) is 1. The number of likely N-dealkylation sites (tertiary alicyclic amines) is 1. The van der Waals surface area contributed by atoms with E-state index in [-0.39, 0.29) is 0 Å². The van der Waals surface area contributed by atoms with E-state index in [1.807, 2.05) is 0 Å². The van der Waals surface area contributed by atoms with Gasteiger partial charge in [0.1, 0.15) is 0 Å². The highest BCUT2D eigenvalue weighted by molar-refractivity contribution is 4.91. The second kappa shape index (κ2) is 8.26. The summed E-state index contributed by atoms with van der Waals surface area (Å²) < 4.78 is 0. The van der Waals surface area contributed by atoms with Crippen LogP contribution in [-0.2, 0) is 0 Å². The van der Waals surface area contributed by atoms with Crippen molar-refractivity contribution in [1.82, 2.24) is 10.2 Å². The summed E-state index contributed by atoms with van der Waals surface area (Å²) in [5.41, 5.74) is 0. The van der Waals surface area contributed by atoms with Gasteiger partial charge in [0, 0.05) is 12.1 Å². The predicted molar refractivity (Wildman–Crippen MR) is 83.5 cm³/mol. The van der Waals surface area contributed by atoms with Crippen LogP contribution in [0.5, 0.6) is 0 Å². The lowest BCUT2D eigenvalue weighted by molar-refractivity contribution is 0.0892. The summed E-state index contributed by atoms with van der Waals surface area (Å²) in [5, 5.41) is 3.61. The summed E-state index contributed by atoms with van der Waals surface area (Å²) in [5.74, 6) is 0.991. The second-order valence-electron chi connectivity index (χ2n) is 6.73. The average Bonchev–Trinajstić information content (AvgIpc) is 2.39. The fourth-order valence-corrected chi connectivity index (χ4v) is 4.25. The normalized spacial score (nSPS) is 34.7. The first kappa shape index (κ1) is 15.3. The smallest absolute Gasteiger partial charge is 0.0251 e. The predicted octanol–water partition coefficient (Wildman–Crippen LogP) is 3.81. The maximum absolute atomic E-state index is 3.61. The molecule has 112 valence electrons. The summed E-state index contributed by atoms with van der Waals surface area (Å²) in [6.45, 7) is 5.04. The van der Waals surface area contributed by atoms with Gasteiger partial charge in [-0.05, 0) is 58.2 Å². The molecule has 2 rings (SSSR count). The van der Waals surface area contributed by atoms with E-state index in [4.69, 9.17) is 0 Å². The number of likely N-dealkylation sites (N-methyl/N-ethyl adjacent to an activating group) is 1. The van der Waals surface area contributed by atoms with Crippen LogP contribution in [0.4, 0.5) is 0 Å². The van der Waals surface area contributed by atoms with Gasteiger partial charge in [-0.25, -0.2) is 0 Å². The van der Waals surface area contributed by atoms with Gasteiger partial charge in [-0.3, -0.25) is 4.90 Å². The van der Waals surface area contributed by atoms with Gasteiger partial charge in [0.05, 0.1) is 0 Å². The van der Waals surface area contributed by atoms with Crippen molar-refractivity contribution in [3.63, 3.8) is 0 Å². The van der Waals surface area contributed by atoms with Gasteiger partial charge in [-0.1, -0.05) is 39.0 Å². The molecule has 2 fully saturated rings. The van der Waals surface area contributed by atoms with Crippen LogP contribution < -0.4 is 5.32 Å². The third kappa shape index (κ3) is 4.46. The Kier molecular flexibility index (Phi) is 6.66. The third-order valence-electron chi connectivity index (χ3n) is 5.35. The molecule has 1 saturated heterocycles. The van der Waals surface area contributed by atoms with E-state index in [2.05, 4.69) is 24.2 Å². The summed E-state index contributed by atoms with van der Waals surface area (Å²) in [4.78, 5) is 2.84. The van der Waals surface area contributed by atoms with Crippen LogP contribution in [0.25, 0.3) is 0 Å². The molecule has 1 N–H and O–H groups in total. The molecule has 0 aromatic heterocycles. The van der Waals surface area contributed by atoms with E-state index in [1.165, 1.54) is 77.3 Å². The Hall–Kier alpha value is -0.0800. The summed E-state index contributed by atoms with van der Waals surface area (Å²) >= 11 is 0. The Morgan fingerprint density at radius 2 is 1.68 bits per heavy atom. The molecule has 0 aromatic rings. The molecule has 1 heterocycles. The topological polar surface area (TPSA) is 15.3 Å². The minimum atomic E-state index is 0.743. The van der Waals surface area contributed by atoms with Gasteiger partial charge in [0.25, 0.3) is 0 Å². The van der Waals surface area contributed by atoms with Crippen LogP contribution in [0.3, 0.4) is 0 Å². The lowest BCUT2D eigenvalue weighted by Crippen LogP contribution is -2.53. The molecule has 3 unspecified atom stereocenters. The van der Waals surface area contributed by atoms with Crippen molar-refractivity contribution in [3.05, 3.63) is 0 Å². The SMILES string of the molecule is CCCC1CCC(NC)C(N2CCCCCCC2)C1. The number of nitrogens with one attached hydrogen (secondary N) is 1. The van der Waals surface area contributed by atoms with E-state index in [0.717, 1.165) is 18.0 Å². The average molecular weight is 266 g/mol. The van der Waals surface area contributed by atoms with Crippen molar-refractivity contribution < 1.29 is 0 Å². The maximum Gasteiger partial charge on any atom is 0.0251 e. The minimum Gasteiger partial charge on any atom is -0.315 e. The molecule has 2 aliphatic rings. The van der Waals surface area contributed by atoms with Gasteiger partial charge in [-0.2, -0.15) is 0 Å². The van der Waals surface area contributed by atoms with E-state index >= 15 is 0 Å². The largest absolute Gasteiger partial charge is 0.315 e. The Bertz CT molecular complexity index is 233. The molecule has 1 saturated carbocycles. The van der Waals surface area contributed by atoms with Crippen LogP contribution in [0.1, 0.15) is 71.1 Å². The van der Waals surface area contributed by atoms with E-state index in [9.17, 15) is 0 Å². The van der Waals surface area contributed by atoms with E-state index in [0.29, 0.717) is 0 Å². The first-order chi connectivity index (χ1) is 9.35. The van der Waals surface area contributed by atoms with Crippen LogP contribution in [-0.4, -0.2) is 37.1 Å². The Morgan fingerprint density at radius 3 is 2.32 bits per heavy atom. The fraction of sp³-hybridized carbons (Fsp3) is 1.00. The molecule has 2 heteroatoms. The molecule has 1 aliphatic carbocycles. The molecule has 0 amide bonds. The van der Waals surface area contributed by atoms with Gasteiger partial charge in [0.2, 0.25) is 0 Å². The van der Waals surface area contributed by atoms with Crippen molar-refractivity contribution in [2.45, 2.75) is 83.2 Å². The highest BCUT2D eigenvalue weighted by Crippen LogP contribution is 2.31. The molecule has 2 nitrogen and oxygen atoms in total. The maximum atomic E-state index is 3.61. The molecule has 0 radical (unpaired) electrons. The Balaban J connectivity index is 1.94. The zero-order chi connectivity index (χ0) is 13.5. The first-order valence-electron chi connectivity index (χ1n) is 8.76. The van der Waals surface area contributed by atoms with Crippen molar-refractivity contribution in [2.75, 3.05) is 20.1 Å². The quantitative estimate of drug-likeness (QED) is 0.832. The van der Waals surface area contributed by atoms with Crippen molar-refractivity contribution in [2.24, 2.45) is 5.92 Å². The van der Waals surface area contributed by atoms with Crippen LogP contribution in [0, 0.1) is 5.92 Å². The molecule has 0 bridgehead atoms. The van der Waals surface area contributed by atoms with Crippen molar-refractivity contribution in [3.8, 4) is 0 Å². The van der Waals surface area contributed by atoms with E-state index in [1.54, 1.807) is 0 Å². The lowest BCUT2D eigenvalue weighted by Gasteiger charge is -2.43. The summed E-state index contributed by atoms with van der Waals surface area (Å²) in [7, 11) is 2.17. The molecular weight excluding hydrogens is 232 g/mol. The van der Waals surface area contributed by atoms with E-state index < -0.39 is 0 Å². The first-order valence-corrected chi connectivity index (χ1v) is 8.76. The van der Waals surface area contributed by atoms with Gasteiger partial charge in [-0.15, -0.1) is 0 Å². The van der Waals surface area contributed by atoms with Crippen molar-refractivity contribution in [1.29, 1.82) is 0 Å². The van der Waals surface area contributed by atoms with Gasteiger partial charge >= 0.3 is 0 Å². The molecule has 0 aromatic carbocycles. The summed E-state index contributed by atoms with van der Waals surface area (Å²) in [6, 6.07) is 1.56. The number of rotatable bonds is 4. The number of nitrogens with zero attached hydrogens (tertiary/aromatic N) is 1. The molecule has 19 heavy (non-hydrogen) atoms. The standard InChI is InChI=1S/C17H34N2/c1-3-9-15-10-11-16(18-2)17(14-15)19-12-7-5-4-6-8-13-19/h15-18H,3-14H2,1-2H3.